The lowest BCUT2D eigenvalue weighted by Crippen LogP contribution is -2.60. The van der Waals surface area contributed by atoms with E-state index in [0.717, 1.165) is 25.0 Å². The van der Waals surface area contributed by atoms with Crippen molar-refractivity contribution in [1.82, 2.24) is 4.90 Å². The second-order valence-electron chi connectivity index (χ2n) is 19.8. The van der Waals surface area contributed by atoms with Crippen molar-refractivity contribution in [2.24, 2.45) is 28.8 Å². The van der Waals surface area contributed by atoms with Crippen molar-refractivity contribution in [3.8, 4) is 5.75 Å². The van der Waals surface area contributed by atoms with Crippen LogP contribution in [0.4, 0.5) is 0 Å². The molecule has 0 saturated carbocycles. The lowest BCUT2D eigenvalue weighted by Gasteiger charge is -2.47. The summed E-state index contributed by atoms with van der Waals surface area (Å²) in [6, 6.07) is 9.11. The monoisotopic (exact) mass is 921 g/mol. The van der Waals surface area contributed by atoms with Crippen molar-refractivity contribution in [3.05, 3.63) is 30.3 Å². The summed E-state index contributed by atoms with van der Waals surface area (Å²) in [4.78, 5) is 35.8. The highest BCUT2D eigenvalue weighted by Crippen LogP contribution is 2.39. The van der Waals surface area contributed by atoms with Gasteiger partial charge in [-0.05, 0) is 79.6 Å². The molecular weight excluding hydrogens is 833 g/mol. The minimum absolute atomic E-state index is 0.00863. The molecule has 4 N–H and O–H groups in total. The van der Waals surface area contributed by atoms with Crippen LogP contribution in [0.5, 0.6) is 5.75 Å². The third kappa shape index (κ3) is 17.3. The largest absolute Gasteiger partial charge is 0.493 e. The average molecular weight is 921 g/mol. The number of hydrogen-bond acceptors (Lipinski definition) is 14. The fraction of sp³-hybridized carbons (Fsp3) is 0.824. The van der Waals surface area contributed by atoms with Gasteiger partial charge in [-0.3, -0.25) is 9.59 Å². The van der Waals surface area contributed by atoms with E-state index < -0.39 is 83.6 Å². The molecule has 2 heterocycles. The number of carbonyl (C=O) groups is 2. The van der Waals surface area contributed by atoms with E-state index in [9.17, 15) is 30.0 Å². The molecular formula is C51H88N2O12. The second kappa shape index (κ2) is 27.8. The number of hydrogen-bond donors (Lipinski definition) is 4. The summed E-state index contributed by atoms with van der Waals surface area (Å²) in [6.45, 7) is 16.4. The van der Waals surface area contributed by atoms with E-state index in [-0.39, 0.29) is 38.0 Å². The van der Waals surface area contributed by atoms with Crippen LogP contribution in [-0.4, -0.2) is 130 Å². The number of likely N-dealkylation sites (N-methyl/N-ethyl adjacent to an activating group) is 1. The molecule has 0 amide bonds. The first-order valence-corrected chi connectivity index (χ1v) is 24.8. The van der Waals surface area contributed by atoms with Gasteiger partial charge in [-0.1, -0.05) is 116 Å². The van der Waals surface area contributed by atoms with Crippen LogP contribution in [0.3, 0.4) is 0 Å². The molecule has 1 aromatic rings. The van der Waals surface area contributed by atoms with Gasteiger partial charge >= 0.3 is 11.9 Å². The number of cyclic esters (lactones) is 1. The lowest BCUT2D eigenvalue weighted by atomic mass is 9.73. The minimum atomic E-state index is -1.95. The van der Waals surface area contributed by atoms with E-state index in [1.54, 1.807) is 34.6 Å². The highest BCUT2D eigenvalue weighted by molar-refractivity contribution is 5.88. The Bertz CT molecular complexity index is 1540. The van der Waals surface area contributed by atoms with E-state index in [2.05, 4.69) is 12.1 Å². The molecule has 0 aromatic heterocycles. The van der Waals surface area contributed by atoms with E-state index >= 15 is 0 Å². The topological polar surface area (TPSA) is 186 Å². The SMILES string of the molecule is CCCCCCCCCCCCC(=O)O[C@H]1[C@H](C)[C@@H](O[C@@H]2O[C@H](C)C[C@H](N(C)C)[C@H]2O)C(C)(O)C[C@@H](C)/C(=N\OCCCOc2ccccc2)[C@H](C)[C@@H](O)[C@](C)(O)[C@@H](CC)OC(=O)[C@@H]1C. The Kier molecular flexibility index (Phi) is 24.2. The van der Waals surface area contributed by atoms with Crippen molar-refractivity contribution in [2.75, 3.05) is 27.3 Å². The third-order valence-electron chi connectivity index (χ3n) is 13.6. The molecule has 65 heavy (non-hydrogen) atoms. The summed E-state index contributed by atoms with van der Waals surface area (Å²) in [7, 11) is 3.75. The van der Waals surface area contributed by atoms with Crippen molar-refractivity contribution < 1.29 is 58.5 Å². The molecule has 0 radical (unpaired) electrons. The van der Waals surface area contributed by atoms with Crippen molar-refractivity contribution in [3.63, 3.8) is 0 Å². The van der Waals surface area contributed by atoms with E-state index in [0.29, 0.717) is 31.6 Å². The van der Waals surface area contributed by atoms with Gasteiger partial charge in [0.15, 0.2) is 6.29 Å². The van der Waals surface area contributed by atoms with Gasteiger partial charge in [-0.25, -0.2) is 0 Å². The van der Waals surface area contributed by atoms with Crippen LogP contribution in [0.15, 0.2) is 35.5 Å². The molecule has 2 aliphatic rings. The van der Waals surface area contributed by atoms with Crippen molar-refractivity contribution >= 4 is 17.7 Å². The Balaban J connectivity index is 2.00. The van der Waals surface area contributed by atoms with Crippen LogP contribution < -0.4 is 4.74 Å². The zero-order chi connectivity index (χ0) is 48.3. The number of esters is 2. The van der Waals surface area contributed by atoms with Gasteiger partial charge in [-0.2, -0.15) is 0 Å². The normalized spacial score (nSPS) is 34.8. The fourth-order valence-electron chi connectivity index (χ4n) is 9.71. The predicted molar refractivity (Wildman–Crippen MR) is 252 cm³/mol. The molecule has 3 rings (SSSR count). The Hall–Kier alpha value is -2.85. The number of unbranched alkanes of at least 4 members (excludes halogenated alkanes) is 9. The van der Waals surface area contributed by atoms with Crippen LogP contribution in [0.25, 0.3) is 0 Å². The molecule has 0 bridgehead atoms. The van der Waals surface area contributed by atoms with Crippen LogP contribution in [0.2, 0.25) is 0 Å². The minimum Gasteiger partial charge on any atom is -0.493 e. The number of oxime groups is 1. The molecule has 2 saturated heterocycles. The van der Waals surface area contributed by atoms with E-state index in [1.165, 1.54) is 45.4 Å². The van der Waals surface area contributed by atoms with Crippen molar-refractivity contribution in [1.29, 1.82) is 0 Å². The Morgan fingerprint density at radius 3 is 2.08 bits per heavy atom. The smallest absolute Gasteiger partial charge is 0.312 e. The molecule has 1 unspecified atom stereocenters. The first-order chi connectivity index (χ1) is 30.8. The van der Waals surface area contributed by atoms with Crippen LogP contribution in [-0.2, 0) is 33.4 Å². The number of aliphatic hydroxyl groups is 4. The zero-order valence-electron chi connectivity index (χ0n) is 41.8. The number of benzene rings is 1. The fourth-order valence-corrected chi connectivity index (χ4v) is 9.71. The molecule has 14 atom stereocenters. The maximum absolute atomic E-state index is 14.3. The third-order valence-corrected chi connectivity index (χ3v) is 13.6. The summed E-state index contributed by atoms with van der Waals surface area (Å²) in [5.74, 6) is -3.90. The molecule has 14 heteroatoms. The number of aliphatic hydroxyl groups excluding tert-OH is 2. The van der Waals surface area contributed by atoms with Gasteiger partial charge in [0, 0.05) is 36.6 Å². The maximum Gasteiger partial charge on any atom is 0.312 e. The van der Waals surface area contributed by atoms with Crippen LogP contribution in [0.1, 0.15) is 159 Å². The van der Waals surface area contributed by atoms with Crippen LogP contribution >= 0.6 is 0 Å². The molecule has 0 spiro atoms. The van der Waals surface area contributed by atoms with E-state index in [4.69, 9.17) is 28.5 Å². The summed E-state index contributed by atoms with van der Waals surface area (Å²) >= 11 is 0. The van der Waals surface area contributed by atoms with Gasteiger partial charge in [0.1, 0.15) is 36.3 Å². The molecule has 14 nitrogen and oxygen atoms in total. The number of ether oxygens (including phenoxy) is 5. The average Bonchev–Trinajstić information content (AvgIpc) is 3.26. The Morgan fingerprint density at radius 2 is 1.48 bits per heavy atom. The number of para-hydroxylation sites is 1. The predicted octanol–water partition coefficient (Wildman–Crippen LogP) is 7.99. The van der Waals surface area contributed by atoms with Gasteiger partial charge in [0.25, 0.3) is 0 Å². The van der Waals surface area contributed by atoms with E-state index in [1.807, 2.05) is 63.2 Å². The first-order valence-electron chi connectivity index (χ1n) is 24.8. The molecule has 2 aliphatic heterocycles. The highest BCUT2D eigenvalue weighted by atomic mass is 16.7. The number of rotatable bonds is 22. The lowest BCUT2D eigenvalue weighted by molar-refractivity contribution is -0.299. The summed E-state index contributed by atoms with van der Waals surface area (Å²) in [6.07, 6.45) is 4.78. The summed E-state index contributed by atoms with van der Waals surface area (Å²) in [5.41, 5.74) is -3.35. The Morgan fingerprint density at radius 1 is 0.862 bits per heavy atom. The van der Waals surface area contributed by atoms with Gasteiger partial charge < -0.3 is 53.8 Å². The molecule has 0 aliphatic carbocycles. The maximum atomic E-state index is 14.3. The standard InChI is InChI=1S/C51H88N2O12/c1-12-14-15-16-17-18-19-20-21-25-29-42(54)64-45-37(6)47(65-49-44(55)40(53(10)11)32-35(4)62-49)50(8,58)33-34(3)43(52-61-31-26-30-60-39-27-23-22-24-28-39)36(5)46(56)51(9,59)41(13-2)63-48(57)38(45)7/h22-24,27-28,34-38,40-41,44-47,49,55-56,58-59H,12-21,25-26,29-33H2,1-11H3/b52-43+/t34-,35-,36+,37+,38-,40+,41-,44-,45+,46-,47-,49+,50?,51-/m1/s1. The molecule has 1 aromatic carbocycles. The summed E-state index contributed by atoms with van der Waals surface area (Å²) in [5, 5.41) is 53.0. The summed E-state index contributed by atoms with van der Waals surface area (Å²) < 4.78 is 31.1. The van der Waals surface area contributed by atoms with Gasteiger partial charge in [0.2, 0.25) is 0 Å². The molecule has 2 fully saturated rings. The van der Waals surface area contributed by atoms with Crippen LogP contribution in [0, 0.1) is 23.7 Å². The number of carbonyl (C=O) groups excluding carboxylic acids is 2. The Labute approximate surface area is 391 Å². The highest BCUT2D eigenvalue weighted by Gasteiger charge is 2.52. The first kappa shape index (κ1) is 56.5. The van der Waals surface area contributed by atoms with Gasteiger partial charge in [-0.15, -0.1) is 0 Å². The quantitative estimate of drug-likeness (QED) is 0.0499. The zero-order valence-corrected chi connectivity index (χ0v) is 41.8. The van der Waals surface area contributed by atoms with Gasteiger partial charge in [0.05, 0.1) is 42.1 Å². The van der Waals surface area contributed by atoms with Crippen molar-refractivity contribution in [2.45, 2.75) is 219 Å². The number of nitrogens with zero attached hydrogens (tertiary/aromatic N) is 2. The molecule has 374 valence electrons. The second-order valence-corrected chi connectivity index (χ2v) is 19.8.